The van der Waals surface area contributed by atoms with Gasteiger partial charge in [0.15, 0.2) is 12.7 Å². The van der Waals surface area contributed by atoms with Gasteiger partial charge in [0.25, 0.3) is 0 Å². The molecule has 1 aliphatic heterocycles. The van der Waals surface area contributed by atoms with Crippen LogP contribution in [0.2, 0.25) is 0 Å². The summed E-state index contributed by atoms with van der Waals surface area (Å²) in [5, 5.41) is 0. The SMILES string of the molecule is [2H]C1=[N+](CC)C([2H])([2H])c2ccccc2-c2ccccc21. The second-order valence-electron chi connectivity index (χ2n) is 4.06. The Bertz CT molecular complexity index is 704. The number of fused-ring (bicyclic) bond motifs is 3. The van der Waals surface area contributed by atoms with Gasteiger partial charge >= 0.3 is 0 Å². The van der Waals surface area contributed by atoms with E-state index in [1.165, 1.54) is 4.58 Å². The van der Waals surface area contributed by atoms with Crippen LogP contribution in [0.1, 0.15) is 22.2 Å². The molecule has 3 rings (SSSR count). The molecule has 1 aliphatic rings. The van der Waals surface area contributed by atoms with Crippen LogP contribution in [0, 0.1) is 0 Å². The predicted octanol–water partition coefficient (Wildman–Crippen LogP) is 3.32. The fraction of sp³-hybridized carbons (Fsp3) is 0.188. The topological polar surface area (TPSA) is 3.01 Å². The Kier molecular flexibility index (Phi) is 1.83. The largest absolute Gasteiger partial charge is 0.231 e. The van der Waals surface area contributed by atoms with E-state index in [1.807, 2.05) is 55.5 Å². The summed E-state index contributed by atoms with van der Waals surface area (Å²) >= 11 is 0. The fourth-order valence-corrected chi connectivity index (χ4v) is 2.11. The van der Waals surface area contributed by atoms with Crippen LogP contribution in [0.15, 0.2) is 48.5 Å². The molecule has 0 aliphatic carbocycles. The van der Waals surface area contributed by atoms with E-state index in [0.717, 1.165) is 16.7 Å². The van der Waals surface area contributed by atoms with Gasteiger partial charge in [-0.15, -0.1) is 0 Å². The minimum absolute atomic E-state index is 0.240. The van der Waals surface area contributed by atoms with Gasteiger partial charge < -0.3 is 0 Å². The smallest absolute Gasteiger partial charge is 0.171 e. The monoisotopic (exact) mass is 225 g/mol. The third kappa shape index (κ3) is 1.78. The minimum Gasteiger partial charge on any atom is -0.231 e. The van der Waals surface area contributed by atoms with E-state index in [4.69, 9.17) is 4.11 Å². The molecule has 17 heavy (non-hydrogen) atoms. The number of benzene rings is 2. The molecule has 1 heteroatoms. The van der Waals surface area contributed by atoms with Crippen LogP contribution in [-0.2, 0) is 6.50 Å². The normalized spacial score (nSPS) is 19.5. The second-order valence-corrected chi connectivity index (χ2v) is 4.06. The lowest BCUT2D eigenvalue weighted by atomic mass is 9.97. The summed E-state index contributed by atoms with van der Waals surface area (Å²) in [4.78, 5) is 0. The van der Waals surface area contributed by atoms with E-state index in [9.17, 15) is 0 Å². The molecule has 0 saturated heterocycles. The number of hydrogen-bond donors (Lipinski definition) is 0. The summed E-state index contributed by atoms with van der Waals surface area (Å²) < 4.78 is 26.8. The molecule has 0 aromatic heterocycles. The summed E-state index contributed by atoms with van der Waals surface area (Å²) in [5.41, 5.74) is 3.20. The van der Waals surface area contributed by atoms with Crippen molar-refractivity contribution in [2.45, 2.75) is 13.4 Å². The lowest BCUT2D eigenvalue weighted by Crippen LogP contribution is -2.11. The van der Waals surface area contributed by atoms with Crippen molar-refractivity contribution in [3.63, 3.8) is 0 Å². The molecular weight excluding hydrogens is 206 g/mol. The maximum atomic E-state index is 8.46. The van der Waals surface area contributed by atoms with Crippen molar-refractivity contribution in [2.75, 3.05) is 6.54 Å². The molecular formula is C16H16N+. The van der Waals surface area contributed by atoms with Gasteiger partial charge in [-0.3, -0.25) is 0 Å². The van der Waals surface area contributed by atoms with Crippen molar-refractivity contribution in [2.24, 2.45) is 0 Å². The zero-order valence-corrected chi connectivity index (χ0v) is 9.77. The number of hydrogen-bond acceptors (Lipinski definition) is 0. The highest BCUT2D eigenvalue weighted by Gasteiger charge is 2.17. The first-order valence-electron chi connectivity index (χ1n) is 7.38. The van der Waals surface area contributed by atoms with Crippen LogP contribution >= 0.6 is 0 Å². The van der Waals surface area contributed by atoms with Gasteiger partial charge in [-0.1, -0.05) is 42.5 Å². The van der Waals surface area contributed by atoms with Gasteiger partial charge in [0.2, 0.25) is 0 Å². The van der Waals surface area contributed by atoms with Crippen molar-refractivity contribution in [3.8, 4) is 11.1 Å². The Morgan fingerprint density at radius 2 is 1.82 bits per heavy atom. The summed E-state index contributed by atoms with van der Waals surface area (Å²) in [5.74, 6) is 0. The van der Waals surface area contributed by atoms with Gasteiger partial charge in [0, 0.05) is 11.1 Å². The highest BCUT2D eigenvalue weighted by Crippen LogP contribution is 2.28. The number of rotatable bonds is 1. The van der Waals surface area contributed by atoms with Crippen LogP contribution in [-0.4, -0.2) is 17.3 Å². The molecule has 2 aromatic rings. The van der Waals surface area contributed by atoms with E-state index in [0.29, 0.717) is 12.1 Å². The lowest BCUT2D eigenvalue weighted by Gasteiger charge is -2.05. The van der Waals surface area contributed by atoms with Crippen molar-refractivity contribution in [1.82, 2.24) is 0 Å². The zero-order valence-electron chi connectivity index (χ0n) is 12.8. The van der Waals surface area contributed by atoms with Gasteiger partial charge in [-0.25, -0.2) is 4.58 Å². The van der Waals surface area contributed by atoms with Gasteiger partial charge in [0.1, 0.15) is 10.7 Å². The quantitative estimate of drug-likeness (QED) is 0.655. The van der Waals surface area contributed by atoms with E-state index in [2.05, 4.69) is 0 Å². The standard InChI is InChI=1S/C16H16N/c1-2-17-11-13-7-3-5-9-15(13)16-10-6-4-8-14(16)12-17/h3-11H,2,12H2,1H3/q+1/i11D,12D2. The van der Waals surface area contributed by atoms with Crippen molar-refractivity contribution >= 4 is 6.19 Å². The van der Waals surface area contributed by atoms with E-state index in [1.54, 1.807) is 0 Å². The summed E-state index contributed by atoms with van der Waals surface area (Å²) in [6.07, 6.45) is 0.240. The number of nitrogens with zero attached hydrogens (tertiary/aromatic N) is 1. The average molecular weight is 225 g/mol. The summed E-state index contributed by atoms with van der Waals surface area (Å²) in [6, 6.07) is 15.2. The summed E-state index contributed by atoms with van der Waals surface area (Å²) in [6.45, 7) is 0.652. The molecule has 0 N–H and O–H groups in total. The molecule has 0 fully saturated rings. The Hall–Kier alpha value is -1.89. The molecule has 0 unspecified atom stereocenters. The summed E-state index contributed by atoms with van der Waals surface area (Å²) in [7, 11) is 0. The molecule has 0 spiro atoms. The third-order valence-corrected chi connectivity index (χ3v) is 2.97. The van der Waals surface area contributed by atoms with E-state index >= 15 is 0 Å². The van der Waals surface area contributed by atoms with Gasteiger partial charge in [0.05, 0.1) is 0 Å². The molecule has 84 valence electrons. The molecule has 0 amide bonds. The molecule has 1 heterocycles. The highest BCUT2D eigenvalue weighted by atomic mass is 15.0. The Morgan fingerprint density at radius 1 is 1.12 bits per heavy atom. The van der Waals surface area contributed by atoms with Gasteiger partial charge in [-0.2, -0.15) is 0 Å². The Morgan fingerprint density at radius 3 is 2.65 bits per heavy atom. The first-order chi connectivity index (χ1) is 9.57. The van der Waals surface area contributed by atoms with Crippen LogP contribution in [0.5, 0.6) is 0 Å². The second kappa shape index (κ2) is 4.17. The van der Waals surface area contributed by atoms with Crippen LogP contribution in [0.3, 0.4) is 0 Å². The van der Waals surface area contributed by atoms with Crippen LogP contribution in [0.4, 0.5) is 0 Å². The van der Waals surface area contributed by atoms with Gasteiger partial charge in [-0.05, 0) is 24.1 Å². The molecule has 0 atom stereocenters. The zero-order chi connectivity index (χ0) is 14.3. The molecule has 0 saturated carbocycles. The first kappa shape index (κ1) is 7.44. The van der Waals surface area contributed by atoms with Crippen LogP contribution < -0.4 is 0 Å². The van der Waals surface area contributed by atoms with Crippen molar-refractivity contribution in [3.05, 3.63) is 59.7 Å². The van der Waals surface area contributed by atoms with E-state index in [-0.39, 0.29) is 6.19 Å². The fourth-order valence-electron chi connectivity index (χ4n) is 2.11. The predicted molar refractivity (Wildman–Crippen MR) is 71.5 cm³/mol. The molecule has 0 radical (unpaired) electrons. The highest BCUT2D eigenvalue weighted by molar-refractivity contribution is 5.89. The van der Waals surface area contributed by atoms with Crippen molar-refractivity contribution in [1.29, 1.82) is 0 Å². The molecule has 1 nitrogen and oxygen atoms in total. The Labute approximate surface area is 106 Å². The third-order valence-electron chi connectivity index (χ3n) is 2.97. The van der Waals surface area contributed by atoms with E-state index < -0.39 is 6.50 Å². The van der Waals surface area contributed by atoms with Crippen molar-refractivity contribution < 1.29 is 8.69 Å². The maximum Gasteiger partial charge on any atom is 0.171 e. The minimum atomic E-state index is -1.68. The Balaban J connectivity index is 2.46. The van der Waals surface area contributed by atoms with Crippen LogP contribution in [0.25, 0.3) is 11.1 Å². The first-order valence-corrected chi connectivity index (χ1v) is 5.88. The lowest BCUT2D eigenvalue weighted by molar-refractivity contribution is -0.535. The molecule has 0 bridgehead atoms. The molecule has 2 aromatic carbocycles. The maximum absolute atomic E-state index is 8.46. The average Bonchev–Trinajstić information content (AvgIpc) is 2.53.